The van der Waals surface area contributed by atoms with E-state index in [4.69, 9.17) is 4.74 Å². The molecule has 0 amide bonds. The third-order valence-electron chi connectivity index (χ3n) is 4.04. The van der Waals surface area contributed by atoms with Crippen LogP contribution in [0.5, 0.6) is 5.75 Å². The zero-order chi connectivity index (χ0) is 18.1. The third-order valence-corrected chi connectivity index (χ3v) is 4.66. The van der Waals surface area contributed by atoms with Gasteiger partial charge in [0.25, 0.3) is 0 Å². The van der Waals surface area contributed by atoms with E-state index in [2.05, 4.69) is 55.4 Å². The van der Waals surface area contributed by atoms with Crippen LogP contribution >= 0.6 is 15.9 Å². The van der Waals surface area contributed by atoms with Crippen molar-refractivity contribution in [3.05, 3.63) is 65.3 Å². The van der Waals surface area contributed by atoms with E-state index in [1.165, 1.54) is 6.33 Å². The first-order valence-electron chi connectivity index (χ1n) is 8.00. The second-order valence-electron chi connectivity index (χ2n) is 5.88. The SMILES string of the molecule is COc1cc2nccc(Nc3cc(C)cc(-n4cncn4)c3)c2cc1Br. The van der Waals surface area contributed by atoms with Crippen LogP contribution in [0, 0.1) is 6.92 Å². The van der Waals surface area contributed by atoms with Crippen LogP contribution in [0.4, 0.5) is 11.4 Å². The van der Waals surface area contributed by atoms with Gasteiger partial charge in [0.1, 0.15) is 18.4 Å². The van der Waals surface area contributed by atoms with Crippen LogP contribution in [0.25, 0.3) is 16.6 Å². The van der Waals surface area contributed by atoms with Gasteiger partial charge in [0, 0.05) is 29.0 Å². The fourth-order valence-corrected chi connectivity index (χ4v) is 3.38. The number of nitrogens with one attached hydrogen (secondary N) is 1. The van der Waals surface area contributed by atoms with Gasteiger partial charge in [-0.3, -0.25) is 4.98 Å². The Morgan fingerprint density at radius 1 is 1.15 bits per heavy atom. The van der Waals surface area contributed by atoms with Gasteiger partial charge in [0.15, 0.2) is 0 Å². The molecular formula is C19H16BrN5O. The molecule has 4 aromatic rings. The maximum atomic E-state index is 5.36. The van der Waals surface area contributed by atoms with Crippen LogP contribution in [0.15, 0.2) is 59.7 Å². The molecule has 0 aliphatic carbocycles. The monoisotopic (exact) mass is 409 g/mol. The van der Waals surface area contributed by atoms with Gasteiger partial charge >= 0.3 is 0 Å². The van der Waals surface area contributed by atoms with Crippen LogP contribution in [0.2, 0.25) is 0 Å². The van der Waals surface area contributed by atoms with E-state index in [0.29, 0.717) is 0 Å². The predicted octanol–water partition coefficient (Wildman–Crippen LogP) is 4.64. The molecule has 0 unspecified atom stereocenters. The maximum absolute atomic E-state index is 5.36. The number of anilines is 2. The lowest BCUT2D eigenvalue weighted by molar-refractivity contribution is 0.412. The van der Waals surface area contributed by atoms with E-state index in [-0.39, 0.29) is 0 Å². The number of methoxy groups -OCH3 is 1. The highest BCUT2D eigenvalue weighted by molar-refractivity contribution is 9.10. The zero-order valence-corrected chi connectivity index (χ0v) is 15.9. The summed E-state index contributed by atoms with van der Waals surface area (Å²) in [5.74, 6) is 0.756. The highest BCUT2D eigenvalue weighted by Crippen LogP contribution is 2.34. The van der Waals surface area contributed by atoms with E-state index in [1.807, 2.05) is 24.3 Å². The number of fused-ring (bicyclic) bond motifs is 1. The third kappa shape index (κ3) is 3.13. The lowest BCUT2D eigenvalue weighted by Crippen LogP contribution is -1.99. The van der Waals surface area contributed by atoms with Crippen molar-refractivity contribution in [3.8, 4) is 11.4 Å². The zero-order valence-electron chi connectivity index (χ0n) is 14.3. The smallest absolute Gasteiger partial charge is 0.138 e. The molecule has 7 heteroatoms. The Kier molecular flexibility index (Phi) is 4.30. The first-order chi connectivity index (χ1) is 12.6. The van der Waals surface area contributed by atoms with Crippen molar-refractivity contribution in [1.29, 1.82) is 0 Å². The van der Waals surface area contributed by atoms with Gasteiger partial charge in [-0.2, -0.15) is 5.10 Å². The second kappa shape index (κ2) is 6.76. The number of rotatable bonds is 4. The number of aromatic nitrogens is 4. The van der Waals surface area contributed by atoms with E-state index < -0.39 is 0 Å². The van der Waals surface area contributed by atoms with Gasteiger partial charge < -0.3 is 10.1 Å². The summed E-state index contributed by atoms with van der Waals surface area (Å²) in [5, 5.41) is 8.70. The summed E-state index contributed by atoms with van der Waals surface area (Å²) >= 11 is 3.55. The molecular weight excluding hydrogens is 394 g/mol. The summed E-state index contributed by atoms with van der Waals surface area (Å²) in [6, 6.07) is 12.1. The minimum Gasteiger partial charge on any atom is -0.495 e. The summed E-state index contributed by atoms with van der Waals surface area (Å²) in [4.78, 5) is 8.46. The molecule has 0 atom stereocenters. The number of halogens is 1. The van der Waals surface area contributed by atoms with Crippen LogP contribution in [0.1, 0.15) is 5.56 Å². The second-order valence-corrected chi connectivity index (χ2v) is 6.74. The minimum absolute atomic E-state index is 0.756. The molecule has 0 fully saturated rings. The van der Waals surface area contributed by atoms with Crippen LogP contribution < -0.4 is 10.1 Å². The van der Waals surface area contributed by atoms with E-state index >= 15 is 0 Å². The highest BCUT2D eigenvalue weighted by Gasteiger charge is 2.09. The molecule has 0 spiro atoms. The van der Waals surface area contributed by atoms with Gasteiger partial charge in [0.05, 0.1) is 22.8 Å². The first-order valence-corrected chi connectivity index (χ1v) is 8.79. The number of hydrogen-bond donors (Lipinski definition) is 1. The standard InChI is InChI=1S/C19H16BrN5O/c1-12-5-13(7-14(6-12)25-11-21-10-23-25)24-17-3-4-22-18-9-19(26-2)16(20)8-15(17)18/h3-11H,1-2H3,(H,22,24). The Labute approximate surface area is 159 Å². The largest absolute Gasteiger partial charge is 0.495 e. The van der Waals surface area contributed by atoms with E-state index in [1.54, 1.807) is 24.3 Å². The van der Waals surface area contributed by atoms with Crippen molar-refractivity contribution in [2.75, 3.05) is 12.4 Å². The van der Waals surface area contributed by atoms with Crippen molar-refractivity contribution in [2.45, 2.75) is 6.92 Å². The molecule has 0 saturated carbocycles. The van der Waals surface area contributed by atoms with Crippen LogP contribution in [0.3, 0.4) is 0 Å². The number of pyridine rings is 1. The van der Waals surface area contributed by atoms with E-state index in [9.17, 15) is 0 Å². The highest BCUT2D eigenvalue weighted by atomic mass is 79.9. The molecule has 0 saturated heterocycles. The van der Waals surface area contributed by atoms with Gasteiger partial charge in [-0.15, -0.1) is 0 Å². The first kappa shape index (κ1) is 16.5. The molecule has 0 aliphatic rings. The predicted molar refractivity (Wildman–Crippen MR) is 105 cm³/mol. The Morgan fingerprint density at radius 3 is 2.81 bits per heavy atom. The Morgan fingerprint density at radius 2 is 2.04 bits per heavy atom. The molecule has 0 radical (unpaired) electrons. The van der Waals surface area contributed by atoms with Gasteiger partial charge in [0.2, 0.25) is 0 Å². The van der Waals surface area contributed by atoms with Crippen molar-refractivity contribution in [3.63, 3.8) is 0 Å². The molecule has 26 heavy (non-hydrogen) atoms. The van der Waals surface area contributed by atoms with Crippen LogP contribution in [-0.2, 0) is 0 Å². The molecule has 6 nitrogen and oxygen atoms in total. The normalized spacial score (nSPS) is 10.9. The Balaban J connectivity index is 1.77. The molecule has 130 valence electrons. The van der Waals surface area contributed by atoms with Crippen molar-refractivity contribution < 1.29 is 4.74 Å². The summed E-state index contributed by atoms with van der Waals surface area (Å²) < 4.78 is 7.99. The molecule has 1 N–H and O–H groups in total. The van der Waals surface area contributed by atoms with Crippen molar-refractivity contribution >= 4 is 38.2 Å². The molecule has 0 aliphatic heterocycles. The quantitative estimate of drug-likeness (QED) is 0.531. The lowest BCUT2D eigenvalue weighted by Gasteiger charge is -2.13. The number of benzene rings is 2. The summed E-state index contributed by atoms with van der Waals surface area (Å²) in [7, 11) is 1.65. The Hall–Kier alpha value is -2.93. The molecule has 0 bridgehead atoms. The van der Waals surface area contributed by atoms with Gasteiger partial charge in [-0.05, 0) is 58.7 Å². The molecule has 2 aromatic carbocycles. The average molecular weight is 410 g/mol. The molecule has 2 heterocycles. The van der Waals surface area contributed by atoms with Crippen molar-refractivity contribution in [2.24, 2.45) is 0 Å². The lowest BCUT2D eigenvalue weighted by atomic mass is 10.1. The van der Waals surface area contributed by atoms with Gasteiger partial charge in [-0.1, -0.05) is 0 Å². The number of hydrogen-bond acceptors (Lipinski definition) is 5. The average Bonchev–Trinajstić information content (AvgIpc) is 3.16. The topological polar surface area (TPSA) is 64.9 Å². The van der Waals surface area contributed by atoms with Gasteiger partial charge in [-0.25, -0.2) is 9.67 Å². The fraction of sp³-hybridized carbons (Fsp3) is 0.105. The fourth-order valence-electron chi connectivity index (χ4n) is 2.88. The molecule has 4 rings (SSSR count). The maximum Gasteiger partial charge on any atom is 0.138 e. The number of ether oxygens (including phenoxy) is 1. The minimum atomic E-state index is 0.756. The van der Waals surface area contributed by atoms with Crippen molar-refractivity contribution in [1.82, 2.24) is 19.7 Å². The summed E-state index contributed by atoms with van der Waals surface area (Å²) in [6.45, 7) is 2.05. The Bertz CT molecular complexity index is 1080. The molecule has 2 aromatic heterocycles. The number of nitrogens with zero attached hydrogens (tertiary/aromatic N) is 4. The summed E-state index contributed by atoms with van der Waals surface area (Å²) in [6.07, 6.45) is 4.99. The number of aryl methyl sites for hydroxylation is 1. The van der Waals surface area contributed by atoms with E-state index in [0.717, 1.165) is 43.8 Å². The van der Waals surface area contributed by atoms with Crippen LogP contribution in [-0.4, -0.2) is 26.9 Å². The summed E-state index contributed by atoms with van der Waals surface area (Å²) in [5.41, 5.74) is 4.87.